The molecule has 0 aromatic heterocycles. The Balaban J connectivity index is 0. The Labute approximate surface area is 120 Å². The molecule has 0 rings (SSSR count). The molecule has 0 saturated carbocycles. The van der Waals surface area contributed by atoms with Crippen molar-refractivity contribution in [2.75, 3.05) is 13.6 Å². The largest absolute Gasteiger partial charge is 0.344 e. The van der Waals surface area contributed by atoms with Crippen molar-refractivity contribution in [3.8, 4) is 0 Å². The average Bonchev–Trinajstić information content (AvgIpc) is 2.39. The highest BCUT2D eigenvalue weighted by Crippen LogP contribution is 2.10. The Bertz CT molecular complexity index is 217. The second-order valence-corrected chi connectivity index (χ2v) is 5.15. The number of likely N-dealkylation sites (N-methyl/N-ethyl adjacent to an activating group) is 1. The highest BCUT2D eigenvalue weighted by atomic mass is 16.2. The number of carbonyl (C=O) groups is 1. The number of hydrogen-bond donors (Lipinski definition) is 1. The molecule has 1 amide bonds. The maximum Gasteiger partial charge on any atom is 0.245 e. The molecule has 0 aliphatic heterocycles. The number of rotatable bonds is 12. The third kappa shape index (κ3) is 13.4. The fourth-order valence-corrected chi connectivity index (χ4v) is 2.10. The van der Waals surface area contributed by atoms with Crippen LogP contribution in [-0.2, 0) is 4.79 Å². The van der Waals surface area contributed by atoms with Crippen LogP contribution in [0, 0.1) is 0 Å². The van der Waals surface area contributed by atoms with Crippen LogP contribution in [0.3, 0.4) is 0 Å². The van der Waals surface area contributed by atoms with Gasteiger partial charge in [0.15, 0.2) is 0 Å². The van der Waals surface area contributed by atoms with E-state index >= 15 is 0 Å². The Morgan fingerprint density at radius 3 is 1.79 bits per heavy atom. The van der Waals surface area contributed by atoms with Gasteiger partial charge in [-0.1, -0.05) is 71.3 Å². The van der Waals surface area contributed by atoms with E-state index in [0.29, 0.717) is 0 Å². The lowest BCUT2D eigenvalue weighted by atomic mass is 10.1. The minimum absolute atomic E-state index is 0. The summed E-state index contributed by atoms with van der Waals surface area (Å²) < 4.78 is 0. The summed E-state index contributed by atoms with van der Waals surface area (Å²) in [6.07, 6.45) is 14.7. The molecule has 0 atom stereocenters. The van der Waals surface area contributed by atoms with E-state index in [9.17, 15) is 4.79 Å². The van der Waals surface area contributed by atoms with Gasteiger partial charge in [0.05, 0.1) is 0 Å². The monoisotopic (exact) mass is 270 g/mol. The van der Waals surface area contributed by atoms with Gasteiger partial charge >= 0.3 is 0 Å². The van der Waals surface area contributed by atoms with E-state index in [0.717, 1.165) is 13.0 Å². The fourth-order valence-electron chi connectivity index (χ4n) is 2.10. The van der Waals surface area contributed by atoms with E-state index in [1.807, 2.05) is 7.05 Å². The number of hydrogen-bond acceptors (Lipinski definition) is 2. The van der Waals surface area contributed by atoms with Crippen LogP contribution in [0.2, 0.25) is 0 Å². The number of amides is 1. The first-order valence-corrected chi connectivity index (χ1v) is 7.60. The molecule has 3 nitrogen and oxygen atoms in total. The van der Waals surface area contributed by atoms with Crippen LogP contribution < -0.4 is 6.15 Å². The van der Waals surface area contributed by atoms with E-state index in [4.69, 9.17) is 0 Å². The quantitative estimate of drug-likeness (QED) is 0.412. The lowest BCUT2D eigenvalue weighted by Gasteiger charge is -2.14. The summed E-state index contributed by atoms with van der Waals surface area (Å²) in [6.45, 7) is 6.61. The fraction of sp³-hybridized carbons (Fsp3) is 0.812. The first-order valence-electron chi connectivity index (χ1n) is 7.60. The summed E-state index contributed by atoms with van der Waals surface area (Å²) in [6, 6.07) is 0. The molecule has 114 valence electrons. The minimum atomic E-state index is 0. The van der Waals surface area contributed by atoms with Crippen LogP contribution in [0.5, 0.6) is 0 Å². The van der Waals surface area contributed by atoms with E-state index in [-0.39, 0.29) is 12.1 Å². The number of unbranched alkanes of at least 4 members (excludes halogenated alkanes) is 9. The molecule has 0 spiro atoms. The van der Waals surface area contributed by atoms with Gasteiger partial charge in [0.1, 0.15) is 0 Å². The molecule has 0 fully saturated rings. The smallest absolute Gasteiger partial charge is 0.245 e. The molecule has 0 saturated heterocycles. The molecule has 3 heteroatoms. The van der Waals surface area contributed by atoms with Gasteiger partial charge in [-0.2, -0.15) is 0 Å². The third-order valence-corrected chi connectivity index (χ3v) is 3.40. The summed E-state index contributed by atoms with van der Waals surface area (Å²) in [5, 5.41) is 0. The summed E-state index contributed by atoms with van der Waals surface area (Å²) in [5.74, 6) is 0.0333. The molecule has 0 bridgehead atoms. The van der Waals surface area contributed by atoms with Gasteiger partial charge in [0.2, 0.25) is 5.91 Å². The first kappa shape index (κ1) is 20.5. The molecule has 0 heterocycles. The van der Waals surface area contributed by atoms with Gasteiger partial charge in [0.25, 0.3) is 0 Å². The molecule has 0 aliphatic carbocycles. The second kappa shape index (κ2) is 15.2. The van der Waals surface area contributed by atoms with Crippen LogP contribution in [-0.4, -0.2) is 24.4 Å². The molecule has 3 N–H and O–H groups in total. The van der Waals surface area contributed by atoms with Crippen molar-refractivity contribution in [3.63, 3.8) is 0 Å². The zero-order valence-corrected chi connectivity index (χ0v) is 13.1. The van der Waals surface area contributed by atoms with Crippen molar-refractivity contribution in [1.29, 1.82) is 0 Å². The van der Waals surface area contributed by atoms with Crippen molar-refractivity contribution in [2.45, 2.75) is 71.1 Å². The van der Waals surface area contributed by atoms with Gasteiger partial charge in [-0.15, -0.1) is 0 Å². The van der Waals surface area contributed by atoms with Crippen LogP contribution in [0.25, 0.3) is 0 Å². The highest BCUT2D eigenvalue weighted by molar-refractivity contribution is 5.86. The first-order chi connectivity index (χ1) is 8.72. The molecular weight excluding hydrogens is 236 g/mol. The van der Waals surface area contributed by atoms with E-state index in [2.05, 4.69) is 13.5 Å². The normalized spacial score (nSPS) is 9.79. The van der Waals surface area contributed by atoms with Crippen molar-refractivity contribution in [2.24, 2.45) is 0 Å². The molecule has 19 heavy (non-hydrogen) atoms. The predicted octanol–water partition coefficient (Wildman–Crippen LogP) is 4.71. The molecule has 0 aromatic rings. The molecule has 0 unspecified atom stereocenters. The zero-order chi connectivity index (χ0) is 13.6. The highest BCUT2D eigenvalue weighted by Gasteiger charge is 2.02. The molecule has 0 aromatic carbocycles. The van der Waals surface area contributed by atoms with Crippen LogP contribution >= 0.6 is 0 Å². The lowest BCUT2D eigenvalue weighted by Crippen LogP contribution is -2.25. The van der Waals surface area contributed by atoms with Crippen molar-refractivity contribution < 1.29 is 4.79 Å². The Morgan fingerprint density at radius 1 is 0.947 bits per heavy atom. The maximum absolute atomic E-state index is 11.2. The SMILES string of the molecule is C=CC(=O)N(C)CCCCCCCCCCCC.N. The van der Waals surface area contributed by atoms with Crippen LogP contribution in [0.4, 0.5) is 0 Å². The summed E-state index contributed by atoms with van der Waals surface area (Å²) in [5.41, 5.74) is 0. The van der Waals surface area contributed by atoms with Gasteiger partial charge in [-0.05, 0) is 12.5 Å². The second-order valence-electron chi connectivity index (χ2n) is 5.15. The number of carbonyl (C=O) groups excluding carboxylic acids is 1. The Kier molecular flexibility index (Phi) is 16.4. The molecular formula is C16H34N2O. The number of nitrogens with zero attached hydrogens (tertiary/aromatic N) is 1. The average molecular weight is 270 g/mol. The van der Waals surface area contributed by atoms with E-state index < -0.39 is 0 Å². The van der Waals surface area contributed by atoms with Crippen molar-refractivity contribution >= 4 is 5.91 Å². The zero-order valence-electron chi connectivity index (χ0n) is 13.1. The topological polar surface area (TPSA) is 55.3 Å². The predicted molar refractivity (Wildman–Crippen MR) is 84.7 cm³/mol. The van der Waals surface area contributed by atoms with E-state index in [1.54, 1.807) is 4.90 Å². The van der Waals surface area contributed by atoms with E-state index in [1.165, 1.54) is 63.9 Å². The van der Waals surface area contributed by atoms with Gasteiger partial charge < -0.3 is 11.1 Å². The Morgan fingerprint density at radius 2 is 1.37 bits per heavy atom. The van der Waals surface area contributed by atoms with Crippen molar-refractivity contribution in [1.82, 2.24) is 11.1 Å². The Hall–Kier alpha value is -0.830. The summed E-state index contributed by atoms with van der Waals surface area (Å²) in [7, 11) is 1.84. The van der Waals surface area contributed by atoms with Gasteiger partial charge in [-0.25, -0.2) is 0 Å². The molecule has 0 radical (unpaired) electrons. The lowest BCUT2D eigenvalue weighted by molar-refractivity contribution is -0.124. The molecule has 0 aliphatic rings. The van der Waals surface area contributed by atoms with Crippen molar-refractivity contribution in [3.05, 3.63) is 12.7 Å². The summed E-state index contributed by atoms with van der Waals surface area (Å²) in [4.78, 5) is 13.0. The van der Waals surface area contributed by atoms with Crippen LogP contribution in [0.1, 0.15) is 71.1 Å². The standard InChI is InChI=1S/C16H31NO.H3N/c1-4-6-7-8-9-10-11-12-13-14-15-17(3)16(18)5-2;/h5H,2,4,6-15H2,1,3H3;1H3. The maximum atomic E-state index is 11.2. The van der Waals surface area contributed by atoms with Crippen LogP contribution in [0.15, 0.2) is 12.7 Å². The summed E-state index contributed by atoms with van der Waals surface area (Å²) >= 11 is 0. The van der Waals surface area contributed by atoms with Gasteiger partial charge in [0, 0.05) is 13.6 Å². The minimum Gasteiger partial charge on any atom is -0.344 e. The third-order valence-electron chi connectivity index (χ3n) is 3.40. The van der Waals surface area contributed by atoms with Gasteiger partial charge in [-0.3, -0.25) is 4.79 Å².